The highest BCUT2D eigenvalue weighted by Gasteiger charge is 2.57. The van der Waals surface area contributed by atoms with Gasteiger partial charge < -0.3 is 16.0 Å². The molecule has 1 aliphatic heterocycles. The van der Waals surface area contributed by atoms with Crippen molar-refractivity contribution in [2.75, 3.05) is 13.1 Å². The van der Waals surface area contributed by atoms with Crippen LogP contribution < -0.4 is 16.0 Å². The summed E-state index contributed by atoms with van der Waals surface area (Å²) in [7, 11) is 0. The summed E-state index contributed by atoms with van der Waals surface area (Å²) in [5.41, 5.74) is 4.08. The van der Waals surface area contributed by atoms with Gasteiger partial charge in [0.25, 0.3) is 5.91 Å². The predicted octanol–water partition coefficient (Wildman–Crippen LogP) is 3.35. The Labute approximate surface area is 184 Å². The van der Waals surface area contributed by atoms with Gasteiger partial charge in [-0.3, -0.25) is 9.59 Å². The predicted molar refractivity (Wildman–Crippen MR) is 121 cm³/mol. The number of amides is 2. The number of rotatable bonds is 6. The summed E-state index contributed by atoms with van der Waals surface area (Å²) < 4.78 is 0. The largest absolute Gasteiger partial charge is 0.352 e. The Morgan fingerprint density at radius 2 is 1.70 bits per heavy atom. The van der Waals surface area contributed by atoms with E-state index in [4.69, 9.17) is 0 Å². The van der Waals surface area contributed by atoms with Crippen molar-refractivity contribution in [1.29, 1.82) is 0 Å². The van der Waals surface area contributed by atoms with Gasteiger partial charge in [-0.25, -0.2) is 0 Å². The minimum Gasteiger partial charge on any atom is -0.352 e. The van der Waals surface area contributed by atoms with Crippen LogP contribution in [0.2, 0.25) is 0 Å². The highest BCUT2D eigenvalue weighted by Crippen LogP contribution is 2.58. The molecule has 1 spiro atoms. The quantitative estimate of drug-likeness (QED) is 0.662. The summed E-state index contributed by atoms with van der Waals surface area (Å²) >= 11 is 0. The van der Waals surface area contributed by atoms with Gasteiger partial charge in [-0.1, -0.05) is 42.0 Å². The first-order valence-corrected chi connectivity index (χ1v) is 10.5. The van der Waals surface area contributed by atoms with Crippen molar-refractivity contribution in [2.45, 2.75) is 39.3 Å². The molecule has 3 N–H and O–H groups in total. The van der Waals surface area contributed by atoms with Gasteiger partial charge in [0.1, 0.15) is 0 Å². The molecular weight excluding hydrogens is 398 g/mol. The number of piperidine rings is 1. The molecule has 4 rings (SSSR count). The van der Waals surface area contributed by atoms with Gasteiger partial charge in [0, 0.05) is 24.6 Å². The zero-order valence-corrected chi connectivity index (χ0v) is 18.2. The van der Waals surface area contributed by atoms with Crippen LogP contribution in [0.1, 0.15) is 46.3 Å². The van der Waals surface area contributed by atoms with Crippen LogP contribution in [0.3, 0.4) is 0 Å². The third kappa shape index (κ3) is 5.21. The summed E-state index contributed by atoms with van der Waals surface area (Å²) in [5, 5.41) is 9.40. The van der Waals surface area contributed by atoms with Crippen molar-refractivity contribution >= 4 is 24.2 Å². The molecule has 1 saturated heterocycles. The second-order valence-electron chi connectivity index (χ2n) is 8.46. The standard InChI is InChI=1S/C24H29N3O2.ClH/c1-17-5-7-18(8-6-17)15-26-22(28)20-4-2-3-19(13-20)16-27-23(29)21-14-24(21)9-11-25-12-10-24;/h2-8,13,21,25H,9-12,14-16H2,1H3,(H,26,28)(H,27,29);1H. The lowest BCUT2D eigenvalue weighted by Crippen LogP contribution is -2.33. The second-order valence-corrected chi connectivity index (χ2v) is 8.46. The van der Waals surface area contributed by atoms with Crippen LogP contribution in [-0.4, -0.2) is 24.9 Å². The maximum atomic E-state index is 12.5. The SMILES string of the molecule is Cc1ccc(CNC(=O)c2cccc(CNC(=O)C3CC34CCNCC4)c2)cc1.Cl. The number of aryl methyl sites for hydroxylation is 1. The summed E-state index contributed by atoms with van der Waals surface area (Å²) in [4.78, 5) is 25.0. The zero-order valence-electron chi connectivity index (χ0n) is 17.4. The molecule has 0 bridgehead atoms. The molecular formula is C24H30ClN3O2. The van der Waals surface area contributed by atoms with Crippen LogP contribution in [-0.2, 0) is 17.9 Å². The zero-order chi connectivity index (χ0) is 20.3. The van der Waals surface area contributed by atoms with Crippen LogP contribution >= 0.6 is 12.4 Å². The molecule has 2 aliphatic rings. The molecule has 2 aromatic rings. The lowest BCUT2D eigenvalue weighted by atomic mass is 9.92. The first kappa shape index (κ1) is 22.3. The molecule has 30 heavy (non-hydrogen) atoms. The van der Waals surface area contributed by atoms with Gasteiger partial charge in [0.15, 0.2) is 0 Å². The first-order valence-electron chi connectivity index (χ1n) is 10.5. The summed E-state index contributed by atoms with van der Waals surface area (Å²) in [6.45, 7) is 5.04. The van der Waals surface area contributed by atoms with Crippen molar-refractivity contribution in [3.8, 4) is 0 Å². The number of hydrogen-bond acceptors (Lipinski definition) is 3. The molecule has 160 valence electrons. The van der Waals surface area contributed by atoms with Gasteiger partial charge in [-0.15, -0.1) is 12.4 Å². The highest BCUT2D eigenvalue weighted by molar-refractivity contribution is 5.94. The molecule has 1 saturated carbocycles. The van der Waals surface area contributed by atoms with E-state index in [9.17, 15) is 9.59 Å². The lowest BCUT2D eigenvalue weighted by Gasteiger charge is -2.23. The van der Waals surface area contributed by atoms with Gasteiger partial charge in [-0.05, 0) is 68.0 Å². The van der Waals surface area contributed by atoms with Crippen molar-refractivity contribution in [2.24, 2.45) is 11.3 Å². The monoisotopic (exact) mass is 427 g/mol. The molecule has 5 nitrogen and oxygen atoms in total. The Morgan fingerprint density at radius 3 is 2.43 bits per heavy atom. The molecule has 2 fully saturated rings. The van der Waals surface area contributed by atoms with E-state index in [0.29, 0.717) is 18.7 Å². The van der Waals surface area contributed by atoms with Crippen LogP contribution in [0.5, 0.6) is 0 Å². The second kappa shape index (κ2) is 9.63. The summed E-state index contributed by atoms with van der Waals surface area (Å²) in [6, 6.07) is 15.6. The fourth-order valence-corrected chi connectivity index (χ4v) is 4.32. The minimum absolute atomic E-state index is 0. The Morgan fingerprint density at radius 1 is 1.00 bits per heavy atom. The summed E-state index contributed by atoms with van der Waals surface area (Å²) in [6.07, 6.45) is 3.21. The average molecular weight is 428 g/mol. The third-order valence-corrected chi connectivity index (χ3v) is 6.34. The molecule has 2 amide bonds. The fraction of sp³-hybridized carbons (Fsp3) is 0.417. The molecule has 2 aromatic carbocycles. The van der Waals surface area contributed by atoms with Crippen LogP contribution in [0.4, 0.5) is 0 Å². The van der Waals surface area contributed by atoms with Gasteiger partial charge in [-0.2, -0.15) is 0 Å². The Hall–Kier alpha value is -2.37. The van der Waals surface area contributed by atoms with E-state index < -0.39 is 0 Å². The van der Waals surface area contributed by atoms with Gasteiger partial charge >= 0.3 is 0 Å². The van der Waals surface area contributed by atoms with Gasteiger partial charge in [0.2, 0.25) is 5.91 Å². The highest BCUT2D eigenvalue weighted by atomic mass is 35.5. The molecule has 0 aromatic heterocycles. The molecule has 1 unspecified atom stereocenters. The Bertz CT molecular complexity index is 892. The van der Waals surface area contributed by atoms with Crippen LogP contribution in [0, 0.1) is 18.3 Å². The number of nitrogens with one attached hydrogen (secondary N) is 3. The van der Waals surface area contributed by atoms with Crippen LogP contribution in [0.25, 0.3) is 0 Å². The van der Waals surface area contributed by atoms with E-state index in [1.165, 1.54) is 5.56 Å². The molecule has 6 heteroatoms. The Kier molecular flexibility index (Phi) is 7.16. The lowest BCUT2D eigenvalue weighted by molar-refractivity contribution is -0.123. The smallest absolute Gasteiger partial charge is 0.251 e. The van der Waals surface area contributed by atoms with E-state index in [0.717, 1.165) is 43.5 Å². The molecule has 1 heterocycles. The van der Waals surface area contributed by atoms with Crippen molar-refractivity contribution < 1.29 is 9.59 Å². The number of carbonyl (C=O) groups excluding carboxylic acids is 2. The molecule has 0 radical (unpaired) electrons. The van der Waals surface area contributed by atoms with Gasteiger partial charge in [0.05, 0.1) is 0 Å². The van der Waals surface area contributed by atoms with Crippen molar-refractivity contribution in [1.82, 2.24) is 16.0 Å². The topological polar surface area (TPSA) is 70.2 Å². The number of carbonyl (C=O) groups is 2. The van der Waals surface area contributed by atoms with Crippen molar-refractivity contribution in [3.63, 3.8) is 0 Å². The van der Waals surface area contributed by atoms with E-state index in [2.05, 4.69) is 16.0 Å². The Balaban J connectivity index is 0.00000256. The normalized spacial score (nSPS) is 18.9. The van der Waals surface area contributed by atoms with Crippen molar-refractivity contribution in [3.05, 3.63) is 70.8 Å². The van der Waals surface area contributed by atoms with E-state index in [-0.39, 0.29) is 35.6 Å². The van der Waals surface area contributed by atoms with E-state index in [1.807, 2.05) is 49.4 Å². The maximum absolute atomic E-state index is 12.5. The van der Waals surface area contributed by atoms with E-state index >= 15 is 0 Å². The number of benzene rings is 2. The molecule has 1 atom stereocenters. The number of halogens is 1. The third-order valence-electron chi connectivity index (χ3n) is 6.34. The molecule has 1 aliphatic carbocycles. The summed E-state index contributed by atoms with van der Waals surface area (Å²) in [5.74, 6) is 0.210. The first-order chi connectivity index (χ1) is 14.1. The van der Waals surface area contributed by atoms with Crippen LogP contribution in [0.15, 0.2) is 48.5 Å². The fourth-order valence-electron chi connectivity index (χ4n) is 4.32. The number of hydrogen-bond donors (Lipinski definition) is 3. The van der Waals surface area contributed by atoms with E-state index in [1.54, 1.807) is 6.07 Å². The maximum Gasteiger partial charge on any atom is 0.251 e. The minimum atomic E-state index is -0.102. The average Bonchev–Trinajstić information content (AvgIpc) is 3.44.